The number of rotatable bonds is 4. The SMILES string of the molecule is CC[C@H]1C[N@+]2(O)CCc3cc(O)c(OC)cc3[C@@H]2C[C@@H]1C[C@@H]1NCCc2c1[nH]c1ccc(O)cc21.O=C(O)C(F)(F)F.O=C([O-])C(F)(F)F. The molecule has 3 aliphatic rings. The molecule has 11 nitrogen and oxygen atoms in total. The summed E-state index contributed by atoms with van der Waals surface area (Å²) in [6.45, 7) is 4.61. The third-order valence-electron chi connectivity index (χ3n) is 9.47. The minimum atomic E-state index is -5.19. The molecule has 2 aromatic carbocycles. The summed E-state index contributed by atoms with van der Waals surface area (Å²) in [5.41, 5.74) is 5.89. The minimum absolute atomic E-state index is 0.0104. The number of ether oxygens (including phenoxy) is 1. The second-order valence-corrected chi connectivity index (χ2v) is 12.4. The van der Waals surface area contributed by atoms with Crippen molar-refractivity contribution in [3.05, 3.63) is 52.7 Å². The van der Waals surface area contributed by atoms with Gasteiger partial charge in [0.1, 0.15) is 30.9 Å². The van der Waals surface area contributed by atoms with Crippen LogP contribution in [0.15, 0.2) is 30.3 Å². The highest BCUT2D eigenvalue weighted by molar-refractivity contribution is 5.86. The van der Waals surface area contributed by atoms with Gasteiger partial charge >= 0.3 is 18.3 Å². The van der Waals surface area contributed by atoms with Crippen LogP contribution >= 0.6 is 0 Å². The number of carboxylic acids is 2. The van der Waals surface area contributed by atoms with E-state index in [4.69, 9.17) is 24.5 Å². The topological polar surface area (TPSA) is 175 Å². The van der Waals surface area contributed by atoms with Gasteiger partial charge in [-0.05, 0) is 73.2 Å². The van der Waals surface area contributed by atoms with Crippen LogP contribution in [-0.4, -0.2) is 81.2 Å². The molecule has 1 fully saturated rings. The number of benzene rings is 2. The van der Waals surface area contributed by atoms with Crippen molar-refractivity contribution in [1.29, 1.82) is 0 Å². The number of halogens is 6. The van der Waals surface area contributed by atoms with E-state index in [9.17, 15) is 41.8 Å². The number of piperidine rings is 1. The summed E-state index contributed by atoms with van der Waals surface area (Å²) < 4.78 is 68.8. The Bertz CT molecular complexity index is 1650. The third kappa shape index (κ3) is 8.33. The number of hydroxylamine groups is 3. The monoisotopic (exact) mass is 705 g/mol. The number of nitrogens with zero attached hydrogens (tertiary/aromatic N) is 1. The molecule has 3 aromatic rings. The first-order chi connectivity index (χ1) is 22.8. The molecule has 0 saturated carbocycles. The fraction of sp³-hybridized carbons (Fsp3) is 0.500. The second-order valence-electron chi connectivity index (χ2n) is 12.4. The van der Waals surface area contributed by atoms with Crippen molar-refractivity contribution >= 4 is 22.8 Å². The predicted octanol–water partition coefficient (Wildman–Crippen LogP) is 4.65. The van der Waals surface area contributed by atoms with Crippen LogP contribution in [0.2, 0.25) is 0 Å². The lowest BCUT2D eigenvalue weighted by molar-refractivity contribution is -1.13. The smallest absolute Gasteiger partial charge is 0.490 e. The van der Waals surface area contributed by atoms with Gasteiger partial charge in [-0.2, -0.15) is 31.0 Å². The van der Waals surface area contributed by atoms with Crippen molar-refractivity contribution in [1.82, 2.24) is 10.3 Å². The zero-order valence-corrected chi connectivity index (χ0v) is 26.5. The zero-order chi connectivity index (χ0) is 36.5. The van der Waals surface area contributed by atoms with Crippen molar-refractivity contribution in [3.8, 4) is 17.2 Å². The van der Waals surface area contributed by atoms with Crippen LogP contribution in [0.5, 0.6) is 17.2 Å². The number of carbonyl (C=O) groups excluding carboxylic acids is 1. The Labute approximate surface area is 276 Å². The van der Waals surface area contributed by atoms with E-state index in [0.717, 1.165) is 67.2 Å². The summed E-state index contributed by atoms with van der Waals surface area (Å²) >= 11 is 0. The van der Waals surface area contributed by atoms with Gasteiger partial charge < -0.3 is 40.3 Å². The average molecular weight is 706 g/mol. The highest BCUT2D eigenvalue weighted by atomic mass is 19.4. The Morgan fingerprint density at radius 1 is 1.04 bits per heavy atom. The van der Waals surface area contributed by atoms with Gasteiger partial charge in [0, 0.05) is 47.0 Å². The van der Waals surface area contributed by atoms with Crippen LogP contribution in [0.1, 0.15) is 60.7 Å². The van der Waals surface area contributed by atoms with Crippen LogP contribution in [0.25, 0.3) is 10.9 Å². The Morgan fingerprint density at radius 3 is 2.27 bits per heavy atom. The molecule has 49 heavy (non-hydrogen) atoms. The Morgan fingerprint density at radius 2 is 1.69 bits per heavy atom. The molecular weight excluding hydrogens is 668 g/mol. The quantitative estimate of drug-likeness (QED) is 0.167. The normalized spacial score (nSPS) is 24.6. The maximum Gasteiger partial charge on any atom is 0.490 e. The highest BCUT2D eigenvalue weighted by Gasteiger charge is 2.51. The lowest BCUT2D eigenvalue weighted by Crippen LogP contribution is -2.58. The number of methoxy groups -OCH3 is 1. The van der Waals surface area contributed by atoms with Crippen LogP contribution < -0.4 is 15.2 Å². The number of fused-ring (bicyclic) bond motifs is 6. The molecule has 0 amide bonds. The van der Waals surface area contributed by atoms with Gasteiger partial charge in [-0.25, -0.2) is 10.0 Å². The number of aromatic amines is 1. The number of hydrogen-bond donors (Lipinski definition) is 6. The number of H-pyrrole nitrogens is 1. The van der Waals surface area contributed by atoms with E-state index in [0.29, 0.717) is 29.9 Å². The Hall–Kier alpha value is -4.22. The number of carbonyl (C=O) groups is 2. The van der Waals surface area contributed by atoms with E-state index in [-0.39, 0.29) is 22.5 Å². The number of phenols is 2. The van der Waals surface area contributed by atoms with Gasteiger partial charge in [-0.15, -0.1) is 0 Å². The first-order valence-electron chi connectivity index (χ1n) is 15.4. The minimum Gasteiger partial charge on any atom is -0.542 e. The van der Waals surface area contributed by atoms with Gasteiger partial charge in [0.05, 0.1) is 7.11 Å². The second kappa shape index (κ2) is 14.3. The Balaban J connectivity index is 0.000000327. The van der Waals surface area contributed by atoms with Crippen LogP contribution in [0, 0.1) is 11.8 Å². The molecule has 0 radical (unpaired) electrons. The van der Waals surface area contributed by atoms with Crippen molar-refractivity contribution in [2.24, 2.45) is 11.8 Å². The number of aromatic hydroxyl groups is 2. The number of aliphatic carboxylic acids is 2. The molecule has 4 heterocycles. The summed E-state index contributed by atoms with van der Waals surface area (Å²) in [5.74, 6) is -3.91. The molecule has 3 aliphatic heterocycles. The highest BCUT2D eigenvalue weighted by Crippen LogP contribution is 2.50. The molecule has 17 heteroatoms. The molecule has 1 saturated heterocycles. The van der Waals surface area contributed by atoms with Gasteiger partial charge in [-0.1, -0.05) is 6.92 Å². The summed E-state index contributed by atoms with van der Waals surface area (Å²) in [7, 11) is 1.58. The van der Waals surface area contributed by atoms with Crippen LogP contribution in [0.4, 0.5) is 26.3 Å². The maximum atomic E-state index is 11.8. The van der Waals surface area contributed by atoms with E-state index in [1.165, 1.54) is 11.3 Å². The molecule has 1 aromatic heterocycles. The fourth-order valence-electron chi connectivity index (χ4n) is 7.17. The van der Waals surface area contributed by atoms with Crippen molar-refractivity contribution in [2.45, 2.75) is 63.5 Å². The number of alkyl halides is 6. The molecule has 6 rings (SSSR count). The van der Waals surface area contributed by atoms with Gasteiger partial charge in [0.15, 0.2) is 11.5 Å². The molecular formula is C32H37F6N3O8. The van der Waals surface area contributed by atoms with Crippen LogP contribution in [-0.2, 0) is 22.4 Å². The number of quaternary nitrogens is 1. The predicted molar refractivity (Wildman–Crippen MR) is 159 cm³/mol. The summed E-state index contributed by atoms with van der Waals surface area (Å²) in [4.78, 5) is 21.3. The number of nitrogens with one attached hydrogen (secondary N) is 2. The third-order valence-corrected chi connectivity index (χ3v) is 9.47. The standard InChI is InChI=1S/C28H35N3O4.2C2HF3O2/c1-3-16-15-31(34)9-7-17-12-26(33)27(35-2)14-21(17)25(31)11-18(16)10-24-28-20(6-8-29-24)22-13-19(32)4-5-23(22)30-28;2*3-2(4,5)1(6)7/h4-5,12-14,16,18,24-25,29-30,34H,3,6-11,15H2,1-2H3,(H-,32,33);2*(H,6,7)/t16-,18-,24-,25-,31+;;/m0../s1. The van der Waals surface area contributed by atoms with Crippen LogP contribution in [0.3, 0.4) is 0 Å². The molecule has 5 atom stereocenters. The maximum absolute atomic E-state index is 11.8. The van der Waals surface area contributed by atoms with Gasteiger partial charge in [-0.3, -0.25) is 0 Å². The fourth-order valence-corrected chi connectivity index (χ4v) is 7.17. The number of carboxylic acid groups (broad SMARTS) is 2. The molecule has 6 N–H and O–H groups in total. The van der Waals surface area contributed by atoms with Gasteiger partial charge in [0.2, 0.25) is 0 Å². The van der Waals surface area contributed by atoms with E-state index in [2.05, 4.69) is 17.2 Å². The number of phenolic OH excluding ortho intramolecular Hbond substituents is 2. The molecule has 0 aliphatic carbocycles. The van der Waals surface area contributed by atoms with Crippen molar-refractivity contribution in [3.63, 3.8) is 0 Å². The Kier molecular flexibility index (Phi) is 11.0. The molecule has 270 valence electrons. The number of aromatic nitrogens is 1. The lowest BCUT2D eigenvalue weighted by atomic mass is 9.72. The largest absolute Gasteiger partial charge is 0.542 e. The van der Waals surface area contributed by atoms with E-state index in [1.807, 2.05) is 24.3 Å². The van der Waals surface area contributed by atoms with E-state index in [1.54, 1.807) is 13.2 Å². The summed E-state index contributed by atoms with van der Waals surface area (Å²) in [6.07, 6.45) is -5.61. The summed E-state index contributed by atoms with van der Waals surface area (Å²) in [6, 6.07) is 9.57. The van der Waals surface area contributed by atoms with E-state index >= 15 is 0 Å². The first kappa shape index (κ1) is 37.6. The summed E-state index contributed by atoms with van der Waals surface area (Å²) in [5, 5.41) is 52.9. The van der Waals surface area contributed by atoms with Gasteiger partial charge in [0.25, 0.3) is 0 Å². The molecule has 0 bridgehead atoms. The van der Waals surface area contributed by atoms with E-state index < -0.39 is 24.3 Å². The number of hydrogen-bond acceptors (Lipinski definition) is 8. The first-order valence-corrected chi connectivity index (χ1v) is 15.4. The molecule has 0 unspecified atom stereocenters. The zero-order valence-electron chi connectivity index (χ0n) is 26.5. The average Bonchev–Trinajstić information content (AvgIpc) is 3.39. The van der Waals surface area contributed by atoms with Crippen molar-refractivity contribution < 1.29 is 70.9 Å². The lowest BCUT2D eigenvalue weighted by Gasteiger charge is -2.50. The molecule has 0 spiro atoms. The van der Waals surface area contributed by atoms with Crippen molar-refractivity contribution in [2.75, 3.05) is 26.7 Å².